The van der Waals surface area contributed by atoms with Crippen LogP contribution in [-0.4, -0.2) is 47.1 Å². The number of rotatable bonds is 8. The molecule has 2 aromatic heterocycles. The molecule has 0 bridgehead atoms. The number of nitriles is 1. The minimum Gasteiger partial charge on any atom is -0.381 e. The van der Waals surface area contributed by atoms with Crippen molar-refractivity contribution in [2.24, 2.45) is 0 Å². The lowest BCUT2D eigenvalue weighted by molar-refractivity contribution is 0.0646. The van der Waals surface area contributed by atoms with Gasteiger partial charge in [-0.15, -0.1) is 22.7 Å². The number of halogens is 6. The Labute approximate surface area is 277 Å². The van der Waals surface area contributed by atoms with Gasteiger partial charge in [0.05, 0.1) is 63.1 Å². The van der Waals surface area contributed by atoms with Gasteiger partial charge in [0.1, 0.15) is 28.3 Å². The molecule has 0 N–H and O–H groups in total. The minimum absolute atomic E-state index is 0.211. The van der Waals surface area contributed by atoms with E-state index in [1.54, 1.807) is 10.8 Å². The third-order valence-electron chi connectivity index (χ3n) is 5.98. The maximum atomic E-state index is 13.3. The van der Waals surface area contributed by atoms with E-state index in [-0.39, 0.29) is 6.42 Å². The standard InChI is InChI=1S/C15H12F2N2OS.C11H6F2N2S.C4H8Br2O/c1-18-15(2-4-20-5-3-15)14-19-13(9-21-14)10-6-11(16)8-12(17)7-10;12-8-3-7(4-9(13)5-8)10-6-16-11(15-10)1-2-14;5-1-3-7-4-2-6/h6-9H,2-5H2;3-6H,1H2;1-4H2. The number of alkyl halides is 2. The Bertz CT molecular complexity index is 1540. The fraction of sp³-hybridized carbons (Fsp3) is 0.333. The summed E-state index contributed by atoms with van der Waals surface area (Å²) in [5, 5.41) is 15.1. The molecule has 0 radical (unpaired) electrons. The number of benzene rings is 2. The zero-order valence-electron chi connectivity index (χ0n) is 23.2. The summed E-state index contributed by atoms with van der Waals surface area (Å²) >= 11 is 9.14. The lowest BCUT2D eigenvalue weighted by Crippen LogP contribution is -2.30. The predicted molar refractivity (Wildman–Crippen MR) is 171 cm³/mol. The smallest absolute Gasteiger partial charge is 0.287 e. The highest BCUT2D eigenvalue weighted by Crippen LogP contribution is 2.39. The van der Waals surface area contributed by atoms with Gasteiger partial charge in [-0.25, -0.2) is 34.1 Å². The largest absolute Gasteiger partial charge is 0.381 e. The van der Waals surface area contributed by atoms with Crippen molar-refractivity contribution in [3.05, 3.63) is 91.9 Å². The van der Waals surface area contributed by atoms with Crippen molar-refractivity contribution in [2.75, 3.05) is 37.1 Å². The van der Waals surface area contributed by atoms with Crippen LogP contribution < -0.4 is 0 Å². The predicted octanol–water partition coefficient (Wildman–Crippen LogP) is 8.96. The second-order valence-corrected chi connectivity index (χ2v) is 12.4. The van der Waals surface area contributed by atoms with E-state index in [0.29, 0.717) is 58.6 Å². The summed E-state index contributed by atoms with van der Waals surface area (Å²) in [5.74, 6) is -2.54. The quantitative estimate of drug-likeness (QED) is 0.0774. The SMILES string of the molecule is BrCCOCCBr.N#CCc1nc(-c2cc(F)cc(F)c2)cs1.[C-]#[N+]C1(c2nc(-c3cc(F)cc(F)c3)cs2)CCOCC1. The highest BCUT2D eigenvalue weighted by molar-refractivity contribution is 9.09. The van der Waals surface area contributed by atoms with E-state index in [1.165, 1.54) is 46.9 Å². The average molecular weight is 774 g/mol. The van der Waals surface area contributed by atoms with Crippen LogP contribution in [0.2, 0.25) is 0 Å². The molecule has 1 saturated heterocycles. The second-order valence-electron chi connectivity index (χ2n) is 9.06. The molecule has 232 valence electrons. The molecule has 0 aliphatic carbocycles. The fourth-order valence-electron chi connectivity index (χ4n) is 3.91. The zero-order valence-corrected chi connectivity index (χ0v) is 28.0. The van der Waals surface area contributed by atoms with Crippen molar-refractivity contribution in [3.63, 3.8) is 0 Å². The van der Waals surface area contributed by atoms with Gasteiger partial charge >= 0.3 is 0 Å². The normalized spacial score (nSPS) is 13.5. The van der Waals surface area contributed by atoms with Crippen molar-refractivity contribution >= 4 is 54.5 Å². The Morgan fingerprint density at radius 2 is 1.36 bits per heavy atom. The average Bonchev–Trinajstić information content (AvgIpc) is 3.69. The van der Waals surface area contributed by atoms with E-state index < -0.39 is 28.8 Å². The third-order valence-corrected chi connectivity index (χ3v) is 8.51. The van der Waals surface area contributed by atoms with Crippen LogP contribution in [0.4, 0.5) is 17.6 Å². The van der Waals surface area contributed by atoms with Gasteiger partial charge in [-0.3, -0.25) is 0 Å². The molecule has 1 aliphatic heterocycles. The number of aromatic nitrogens is 2. The van der Waals surface area contributed by atoms with Crippen LogP contribution >= 0.6 is 54.5 Å². The molecular weight excluding hydrogens is 748 g/mol. The lowest BCUT2D eigenvalue weighted by Gasteiger charge is -2.24. The van der Waals surface area contributed by atoms with Gasteiger partial charge in [-0.1, -0.05) is 31.9 Å². The van der Waals surface area contributed by atoms with E-state index in [9.17, 15) is 17.6 Å². The van der Waals surface area contributed by atoms with E-state index in [1.807, 2.05) is 6.07 Å². The monoisotopic (exact) mass is 772 g/mol. The Morgan fingerprint density at radius 1 is 0.864 bits per heavy atom. The van der Waals surface area contributed by atoms with Gasteiger partial charge < -0.3 is 14.3 Å². The third kappa shape index (κ3) is 10.7. The van der Waals surface area contributed by atoms with Crippen LogP contribution in [0.25, 0.3) is 27.4 Å². The summed E-state index contributed by atoms with van der Waals surface area (Å²) in [4.78, 5) is 12.3. The van der Waals surface area contributed by atoms with Gasteiger partial charge in [0.2, 0.25) is 0 Å². The van der Waals surface area contributed by atoms with Gasteiger partial charge in [0.15, 0.2) is 5.01 Å². The lowest BCUT2D eigenvalue weighted by atomic mass is 9.92. The Balaban J connectivity index is 0.000000203. The summed E-state index contributed by atoms with van der Waals surface area (Å²) in [6.45, 7) is 10.2. The van der Waals surface area contributed by atoms with Gasteiger partial charge in [-0.05, 0) is 24.3 Å². The molecule has 3 heterocycles. The highest BCUT2D eigenvalue weighted by atomic mass is 79.9. The van der Waals surface area contributed by atoms with E-state index in [2.05, 4.69) is 46.7 Å². The number of hydrogen-bond acceptors (Lipinski definition) is 7. The van der Waals surface area contributed by atoms with Crippen molar-refractivity contribution in [1.29, 1.82) is 5.26 Å². The summed E-state index contributed by atoms with van der Waals surface area (Å²) in [6, 6.07) is 8.54. The molecule has 0 unspecified atom stereocenters. The summed E-state index contributed by atoms with van der Waals surface area (Å²) < 4.78 is 62.8. The molecular formula is C30H26Br2F4N4O2S2. The zero-order chi connectivity index (χ0) is 32.0. The van der Waals surface area contributed by atoms with Crippen molar-refractivity contribution in [1.82, 2.24) is 9.97 Å². The molecule has 6 nitrogen and oxygen atoms in total. The fourth-order valence-corrected chi connectivity index (χ4v) is 6.14. The molecule has 2 aromatic carbocycles. The summed E-state index contributed by atoms with van der Waals surface area (Å²) in [5.41, 5.74) is 1.12. The minimum atomic E-state index is -0.660. The maximum Gasteiger partial charge on any atom is 0.287 e. The first-order valence-corrected chi connectivity index (χ1v) is 17.1. The van der Waals surface area contributed by atoms with Crippen LogP contribution in [0.15, 0.2) is 47.2 Å². The van der Waals surface area contributed by atoms with E-state index in [4.69, 9.17) is 21.3 Å². The van der Waals surface area contributed by atoms with Gasteiger partial charge in [-0.2, -0.15) is 5.26 Å². The van der Waals surface area contributed by atoms with Crippen molar-refractivity contribution in [3.8, 4) is 28.6 Å². The molecule has 4 aromatic rings. The highest BCUT2D eigenvalue weighted by Gasteiger charge is 2.43. The molecule has 0 atom stereocenters. The Morgan fingerprint density at radius 3 is 1.84 bits per heavy atom. The van der Waals surface area contributed by atoms with Gasteiger partial charge in [0, 0.05) is 44.7 Å². The molecule has 0 amide bonds. The molecule has 5 rings (SSSR count). The number of ether oxygens (including phenoxy) is 2. The first-order chi connectivity index (χ1) is 21.2. The first-order valence-electron chi connectivity index (χ1n) is 13.1. The molecule has 44 heavy (non-hydrogen) atoms. The number of thiazole rings is 2. The van der Waals surface area contributed by atoms with Crippen molar-refractivity contribution in [2.45, 2.75) is 24.8 Å². The Kier molecular flexibility index (Phi) is 14.9. The second kappa shape index (κ2) is 18.3. The van der Waals surface area contributed by atoms with Crippen LogP contribution in [0.1, 0.15) is 22.9 Å². The first kappa shape index (κ1) is 35.8. The van der Waals surface area contributed by atoms with Gasteiger partial charge in [0.25, 0.3) is 5.54 Å². The summed E-state index contributed by atoms with van der Waals surface area (Å²) in [6.07, 6.45) is 1.41. The van der Waals surface area contributed by atoms with E-state index >= 15 is 0 Å². The topological polar surface area (TPSA) is 72.4 Å². The summed E-state index contributed by atoms with van der Waals surface area (Å²) in [7, 11) is 0. The van der Waals surface area contributed by atoms with Crippen LogP contribution in [-0.2, 0) is 21.4 Å². The molecule has 0 spiro atoms. The van der Waals surface area contributed by atoms with Crippen LogP contribution in [0.5, 0.6) is 0 Å². The molecule has 14 heteroatoms. The van der Waals surface area contributed by atoms with Crippen LogP contribution in [0.3, 0.4) is 0 Å². The van der Waals surface area contributed by atoms with Crippen molar-refractivity contribution < 1.29 is 27.0 Å². The molecule has 1 aliphatic rings. The molecule has 0 saturated carbocycles. The number of hydrogen-bond donors (Lipinski definition) is 0. The molecule has 1 fully saturated rings. The van der Waals surface area contributed by atoms with E-state index in [0.717, 1.165) is 36.0 Å². The Hall–Kier alpha value is -2.72. The van der Waals surface area contributed by atoms with Crippen LogP contribution in [0, 0.1) is 41.2 Å². The maximum absolute atomic E-state index is 13.3. The number of nitrogens with zero attached hydrogens (tertiary/aromatic N) is 4.